The van der Waals surface area contributed by atoms with Crippen LogP contribution in [0.2, 0.25) is 0 Å². The van der Waals surface area contributed by atoms with E-state index in [1.165, 1.54) is 6.42 Å². The smallest absolute Gasteiger partial charge is 0.231 e. The first-order valence-corrected chi connectivity index (χ1v) is 5.89. The van der Waals surface area contributed by atoms with Crippen molar-refractivity contribution in [3.63, 3.8) is 0 Å². The van der Waals surface area contributed by atoms with E-state index in [-0.39, 0.29) is 11.8 Å². The molecule has 84 valence electrons. The number of hydrogen-bond donors (Lipinski definition) is 1. The van der Waals surface area contributed by atoms with Gasteiger partial charge in [0, 0.05) is 5.69 Å². The average Bonchev–Trinajstić information content (AvgIpc) is 2.59. The number of carbonyl (C=O) groups is 1. The second kappa shape index (κ2) is 5.50. The number of carbonyl (C=O) groups excluding carboxylic acids is 1. The molecule has 16 heavy (non-hydrogen) atoms. The molecule has 0 spiro atoms. The van der Waals surface area contributed by atoms with Gasteiger partial charge in [-0.25, -0.2) is 0 Å². The molecule has 1 aliphatic carbocycles. The van der Waals surface area contributed by atoms with Gasteiger partial charge < -0.3 is 5.32 Å². The van der Waals surface area contributed by atoms with E-state index in [9.17, 15) is 4.79 Å². The molecular formula is C14H17NO. The third-order valence-corrected chi connectivity index (χ3v) is 2.88. The van der Waals surface area contributed by atoms with Crippen LogP contribution < -0.4 is 5.32 Å². The van der Waals surface area contributed by atoms with E-state index in [1.807, 2.05) is 36.4 Å². The second-order valence-corrected chi connectivity index (χ2v) is 4.17. The van der Waals surface area contributed by atoms with Gasteiger partial charge in [0.2, 0.25) is 5.91 Å². The van der Waals surface area contributed by atoms with Gasteiger partial charge in [-0.3, -0.25) is 4.79 Å². The van der Waals surface area contributed by atoms with Crippen LogP contribution in [0.1, 0.15) is 25.7 Å². The zero-order valence-electron chi connectivity index (χ0n) is 9.36. The predicted octanol–water partition coefficient (Wildman–Crippen LogP) is 3.37. The highest BCUT2D eigenvalue weighted by molar-refractivity contribution is 5.93. The highest BCUT2D eigenvalue weighted by atomic mass is 16.1. The summed E-state index contributed by atoms with van der Waals surface area (Å²) in [5.41, 5.74) is 0.880. The van der Waals surface area contributed by atoms with E-state index in [4.69, 9.17) is 0 Å². The minimum absolute atomic E-state index is 0.0442. The van der Waals surface area contributed by atoms with Gasteiger partial charge in [-0.05, 0) is 31.4 Å². The Labute approximate surface area is 96.4 Å². The second-order valence-electron chi connectivity index (χ2n) is 4.17. The van der Waals surface area contributed by atoms with Crippen LogP contribution in [0.3, 0.4) is 0 Å². The van der Waals surface area contributed by atoms with Crippen molar-refractivity contribution in [1.82, 2.24) is 0 Å². The molecule has 2 heteroatoms. The Morgan fingerprint density at radius 2 is 2.00 bits per heavy atom. The number of rotatable bonds is 2. The summed E-state index contributed by atoms with van der Waals surface area (Å²) in [5.74, 6) is 0.159. The summed E-state index contributed by atoms with van der Waals surface area (Å²) in [5, 5.41) is 2.95. The van der Waals surface area contributed by atoms with Crippen LogP contribution in [0.15, 0.2) is 42.5 Å². The Hall–Kier alpha value is -1.57. The Morgan fingerprint density at radius 1 is 1.19 bits per heavy atom. The van der Waals surface area contributed by atoms with E-state index in [0.29, 0.717) is 0 Å². The van der Waals surface area contributed by atoms with E-state index in [0.717, 1.165) is 24.9 Å². The molecule has 1 aromatic rings. The largest absolute Gasteiger partial charge is 0.326 e. The molecule has 2 rings (SSSR count). The number of hydrogen-bond acceptors (Lipinski definition) is 1. The fraction of sp³-hybridized carbons (Fsp3) is 0.357. The van der Waals surface area contributed by atoms with E-state index >= 15 is 0 Å². The molecule has 0 aromatic heterocycles. The minimum atomic E-state index is 0.0442. The first-order chi connectivity index (χ1) is 7.86. The molecule has 2 nitrogen and oxygen atoms in total. The number of allylic oxidation sites excluding steroid dienone is 1. The maximum absolute atomic E-state index is 12.0. The van der Waals surface area contributed by atoms with Crippen LogP contribution in [0.4, 0.5) is 5.69 Å². The van der Waals surface area contributed by atoms with Crippen molar-refractivity contribution in [3.05, 3.63) is 42.5 Å². The van der Waals surface area contributed by atoms with Crippen molar-refractivity contribution in [2.24, 2.45) is 5.92 Å². The fourth-order valence-corrected chi connectivity index (χ4v) is 1.96. The van der Waals surface area contributed by atoms with Crippen LogP contribution in [0.5, 0.6) is 0 Å². The first-order valence-electron chi connectivity index (χ1n) is 5.89. The van der Waals surface area contributed by atoms with Gasteiger partial charge >= 0.3 is 0 Å². The Morgan fingerprint density at radius 3 is 2.81 bits per heavy atom. The summed E-state index contributed by atoms with van der Waals surface area (Å²) in [4.78, 5) is 12.0. The summed E-state index contributed by atoms with van der Waals surface area (Å²) in [6.07, 6.45) is 8.59. The maximum Gasteiger partial charge on any atom is 0.231 e. The number of anilines is 1. The molecule has 1 aliphatic rings. The predicted molar refractivity (Wildman–Crippen MR) is 66.2 cm³/mol. The van der Waals surface area contributed by atoms with Crippen LogP contribution in [-0.2, 0) is 4.79 Å². The maximum atomic E-state index is 12.0. The van der Waals surface area contributed by atoms with Gasteiger partial charge in [0.05, 0.1) is 5.92 Å². The summed E-state index contributed by atoms with van der Waals surface area (Å²) in [7, 11) is 0. The number of benzene rings is 1. The number of para-hydroxylation sites is 1. The van der Waals surface area contributed by atoms with Crippen LogP contribution in [-0.4, -0.2) is 5.91 Å². The fourth-order valence-electron chi connectivity index (χ4n) is 1.96. The van der Waals surface area contributed by atoms with Gasteiger partial charge in [-0.2, -0.15) is 0 Å². The van der Waals surface area contributed by atoms with Gasteiger partial charge in [0.1, 0.15) is 0 Å². The van der Waals surface area contributed by atoms with E-state index in [2.05, 4.69) is 11.4 Å². The summed E-state index contributed by atoms with van der Waals surface area (Å²) in [6.45, 7) is 0. The molecule has 0 heterocycles. The van der Waals surface area contributed by atoms with Crippen LogP contribution >= 0.6 is 0 Å². The SMILES string of the molecule is O=C(Nc1ccccc1)C1C=CCCCC1. The average molecular weight is 215 g/mol. The molecule has 0 fully saturated rings. The molecule has 1 N–H and O–H groups in total. The standard InChI is InChI=1S/C14H17NO/c16-14(12-8-4-1-2-5-9-12)15-13-10-6-3-7-11-13/h3-4,6-8,10-12H,1-2,5,9H2,(H,15,16). The topological polar surface area (TPSA) is 29.1 Å². The van der Waals surface area contributed by atoms with Crippen molar-refractivity contribution >= 4 is 11.6 Å². The summed E-state index contributed by atoms with van der Waals surface area (Å²) in [6, 6.07) is 9.63. The molecule has 1 amide bonds. The molecule has 1 aromatic carbocycles. The molecule has 0 aliphatic heterocycles. The van der Waals surface area contributed by atoms with Gasteiger partial charge in [0.25, 0.3) is 0 Å². The molecule has 0 saturated carbocycles. The van der Waals surface area contributed by atoms with Gasteiger partial charge in [0.15, 0.2) is 0 Å². The quantitative estimate of drug-likeness (QED) is 0.753. The van der Waals surface area contributed by atoms with Crippen molar-refractivity contribution in [1.29, 1.82) is 0 Å². The third kappa shape index (κ3) is 2.96. The van der Waals surface area contributed by atoms with Gasteiger partial charge in [-0.1, -0.05) is 36.8 Å². The lowest BCUT2D eigenvalue weighted by atomic mass is 10.0. The first kappa shape index (κ1) is 10.9. The third-order valence-electron chi connectivity index (χ3n) is 2.88. The highest BCUT2D eigenvalue weighted by Crippen LogP contribution is 2.18. The van der Waals surface area contributed by atoms with Crippen LogP contribution in [0.25, 0.3) is 0 Å². The summed E-state index contributed by atoms with van der Waals surface area (Å²) < 4.78 is 0. The Kier molecular flexibility index (Phi) is 3.76. The van der Waals surface area contributed by atoms with Crippen LogP contribution in [0, 0.1) is 5.92 Å². The lowest BCUT2D eigenvalue weighted by Crippen LogP contribution is -2.20. The molecule has 0 radical (unpaired) electrons. The molecule has 1 atom stereocenters. The monoisotopic (exact) mass is 215 g/mol. The molecule has 0 saturated heterocycles. The Bertz CT molecular complexity index is 370. The zero-order chi connectivity index (χ0) is 11.2. The van der Waals surface area contributed by atoms with Crippen molar-refractivity contribution in [3.8, 4) is 0 Å². The van der Waals surface area contributed by atoms with Gasteiger partial charge in [-0.15, -0.1) is 0 Å². The molecule has 0 bridgehead atoms. The van der Waals surface area contributed by atoms with Crippen molar-refractivity contribution in [2.75, 3.05) is 5.32 Å². The lowest BCUT2D eigenvalue weighted by Gasteiger charge is -2.11. The Balaban J connectivity index is 1.97. The minimum Gasteiger partial charge on any atom is -0.326 e. The normalized spacial score (nSPS) is 20.1. The van der Waals surface area contributed by atoms with Crippen molar-refractivity contribution < 1.29 is 4.79 Å². The number of nitrogens with one attached hydrogen (secondary N) is 1. The van der Waals surface area contributed by atoms with E-state index < -0.39 is 0 Å². The molecule has 1 unspecified atom stereocenters. The molecular weight excluding hydrogens is 198 g/mol. The van der Waals surface area contributed by atoms with E-state index in [1.54, 1.807) is 0 Å². The lowest BCUT2D eigenvalue weighted by molar-refractivity contribution is -0.118. The highest BCUT2D eigenvalue weighted by Gasteiger charge is 2.16. The van der Waals surface area contributed by atoms with Crippen molar-refractivity contribution in [2.45, 2.75) is 25.7 Å². The zero-order valence-corrected chi connectivity index (χ0v) is 9.36. The number of amides is 1. The summed E-state index contributed by atoms with van der Waals surface area (Å²) >= 11 is 0.